The second-order valence-electron chi connectivity index (χ2n) is 9.64. The van der Waals surface area contributed by atoms with E-state index in [1.54, 1.807) is 0 Å². The van der Waals surface area contributed by atoms with E-state index in [4.69, 9.17) is 0 Å². The fraction of sp³-hybridized carbons (Fsp3) is 0.700. The lowest BCUT2D eigenvalue weighted by Gasteiger charge is -2.77. The van der Waals surface area contributed by atoms with Crippen molar-refractivity contribution in [1.82, 2.24) is 0 Å². The van der Waals surface area contributed by atoms with Crippen molar-refractivity contribution < 1.29 is 98.1 Å². The number of hydrogen-bond donors (Lipinski definition) is 0. The van der Waals surface area contributed by atoms with E-state index >= 15 is 70.2 Å². The van der Waals surface area contributed by atoms with E-state index in [1.807, 2.05) is 0 Å². The first-order valence-corrected chi connectivity index (χ1v) is 10.3. The molecule has 0 aromatic carbocycles. The first kappa shape index (κ1) is 33.7. The molecule has 0 N–H and O–H groups in total. The third-order valence-corrected chi connectivity index (χ3v) is 7.43. The highest BCUT2D eigenvalue weighted by molar-refractivity contribution is 5.87. The maximum Gasteiger partial charge on any atom is 0.424 e. The molecule has 0 amide bonds. The molecule has 4 saturated carbocycles. The summed E-state index contributed by atoms with van der Waals surface area (Å²) in [5.41, 5.74) is -37.6. The summed E-state index contributed by atoms with van der Waals surface area (Å²) in [4.78, 5) is 23.1. The molecule has 0 unspecified atom stereocenters. The van der Waals surface area contributed by atoms with Crippen LogP contribution < -0.4 is 0 Å². The van der Waals surface area contributed by atoms with Gasteiger partial charge in [-0.3, -0.25) is 0 Å². The lowest BCUT2D eigenvalue weighted by Crippen LogP contribution is -3.09. The predicted molar refractivity (Wildman–Crippen MR) is 93.9 cm³/mol. The van der Waals surface area contributed by atoms with Crippen LogP contribution in [0.2, 0.25) is 0 Å². The Hall–Kier alpha value is -2.84. The summed E-state index contributed by atoms with van der Waals surface area (Å²) in [6, 6.07) is 0. The molecule has 4 fully saturated rings. The lowest BCUT2D eigenvalue weighted by atomic mass is 9.32. The quantitative estimate of drug-likeness (QED) is 0.183. The van der Waals surface area contributed by atoms with Gasteiger partial charge in [-0.05, 0) is 13.8 Å². The van der Waals surface area contributed by atoms with Crippen LogP contribution in [0.25, 0.3) is 0 Å². The second-order valence-corrected chi connectivity index (χ2v) is 9.64. The van der Waals surface area contributed by atoms with Crippen LogP contribution in [-0.4, -0.2) is 71.0 Å². The Balaban J connectivity index is 2.81. The first-order valence-electron chi connectivity index (χ1n) is 10.3. The molecule has 0 aromatic heterocycles. The Morgan fingerprint density at radius 2 is 0.690 bits per heavy atom. The third kappa shape index (κ3) is 2.44. The number of rotatable bonds is 6. The fourth-order valence-corrected chi connectivity index (χ4v) is 5.57. The molecule has 0 heterocycles. The maximum atomic E-state index is 15.8. The van der Waals surface area contributed by atoms with Crippen molar-refractivity contribution in [3.8, 4) is 0 Å². The van der Waals surface area contributed by atoms with Crippen LogP contribution in [0.1, 0.15) is 13.8 Å². The number of ether oxygens (including phenoxy) is 2. The van der Waals surface area contributed by atoms with Gasteiger partial charge in [0.1, 0.15) is 0 Å². The largest absolute Gasteiger partial charge is 0.424 e. The van der Waals surface area contributed by atoms with Gasteiger partial charge in [0.05, 0.1) is 0 Å². The third-order valence-electron chi connectivity index (χ3n) is 7.43. The Morgan fingerprint density at radius 1 is 0.476 bits per heavy atom. The van der Waals surface area contributed by atoms with Crippen molar-refractivity contribution in [2.24, 2.45) is 10.8 Å². The number of alkyl halides is 18. The van der Waals surface area contributed by atoms with Gasteiger partial charge in [-0.2, -0.15) is 26.3 Å². The Kier molecular flexibility index (Phi) is 6.11. The van der Waals surface area contributed by atoms with Gasteiger partial charge in [0.25, 0.3) is 10.8 Å². The average Bonchev–Trinajstić information content (AvgIpc) is 2.72. The van der Waals surface area contributed by atoms with E-state index in [1.165, 1.54) is 0 Å². The van der Waals surface area contributed by atoms with Crippen LogP contribution in [0.3, 0.4) is 0 Å². The van der Waals surface area contributed by atoms with E-state index in [0.29, 0.717) is 0 Å². The standard InChI is InChI=1S/C20H10F18O4/c1-5(2)7(39)41-19(35,36)9-13(23,24)10(20(37,38)42-8(40)6(3)4)16(29,30)11(21,14(9,25)26)18(33,34)12(22,15(9,27)28)17(10,31)32/h1,3H2,2,4H3. The molecule has 0 radical (unpaired) electrons. The van der Waals surface area contributed by atoms with E-state index in [0.717, 1.165) is 0 Å². The van der Waals surface area contributed by atoms with Crippen LogP contribution >= 0.6 is 0 Å². The number of esters is 2. The Labute approximate surface area is 219 Å². The molecule has 240 valence electrons. The average molecular weight is 656 g/mol. The summed E-state index contributed by atoms with van der Waals surface area (Å²) in [5, 5.41) is 0. The van der Waals surface area contributed by atoms with Crippen molar-refractivity contribution in [3.63, 3.8) is 0 Å². The minimum Gasteiger partial charge on any atom is -0.396 e. The van der Waals surface area contributed by atoms with Gasteiger partial charge in [-0.1, -0.05) is 13.2 Å². The normalized spacial score (nSPS) is 38.0. The summed E-state index contributed by atoms with van der Waals surface area (Å²) < 4.78 is 280. The van der Waals surface area contributed by atoms with E-state index in [2.05, 4.69) is 22.6 Å². The van der Waals surface area contributed by atoms with Crippen LogP contribution in [0, 0.1) is 10.8 Å². The number of carbonyl (C=O) groups is 2. The fourth-order valence-electron chi connectivity index (χ4n) is 5.57. The monoisotopic (exact) mass is 656 g/mol. The summed E-state index contributed by atoms with van der Waals surface area (Å²) in [5.74, 6) is -58.4. The minimum atomic E-state index is -8.86. The molecule has 0 atom stereocenters. The summed E-state index contributed by atoms with van der Waals surface area (Å²) >= 11 is 0. The van der Waals surface area contributed by atoms with Gasteiger partial charge in [-0.25, -0.2) is 62.3 Å². The highest BCUT2D eigenvalue weighted by Crippen LogP contribution is 2.95. The number of hydrogen-bond acceptors (Lipinski definition) is 4. The van der Waals surface area contributed by atoms with Gasteiger partial charge in [0.2, 0.25) is 0 Å². The molecule has 0 saturated heterocycles. The molecule has 4 nitrogen and oxygen atoms in total. The summed E-state index contributed by atoms with van der Waals surface area (Å²) in [6.45, 7) is 5.25. The van der Waals surface area contributed by atoms with Crippen LogP contribution in [0.15, 0.2) is 24.3 Å². The van der Waals surface area contributed by atoms with Crippen LogP contribution in [0.5, 0.6) is 0 Å². The Morgan fingerprint density at radius 3 is 0.881 bits per heavy atom. The van der Waals surface area contributed by atoms with Crippen molar-refractivity contribution in [3.05, 3.63) is 24.3 Å². The van der Waals surface area contributed by atoms with Gasteiger partial charge in [0.15, 0.2) is 0 Å². The predicted octanol–water partition coefficient (Wildman–Crippen LogP) is 6.65. The van der Waals surface area contributed by atoms with E-state index in [-0.39, 0.29) is 13.8 Å². The van der Waals surface area contributed by atoms with Gasteiger partial charge >= 0.3 is 71.0 Å². The SMILES string of the molecule is C=C(C)C(=O)OC(F)(F)C12C(F)(F)C3(F)C(F)(F)C(F)(C1(F)F)C(F)(F)C(C(F)(F)OC(=O)C(=C)C)(C3(F)F)C2(F)F. The number of halogens is 18. The zero-order valence-corrected chi connectivity index (χ0v) is 19.9. The highest BCUT2D eigenvalue weighted by atomic mass is 19.3. The van der Waals surface area contributed by atoms with Gasteiger partial charge in [-0.15, -0.1) is 0 Å². The first-order chi connectivity index (χ1) is 18.2. The lowest BCUT2D eigenvalue weighted by molar-refractivity contribution is -0.664. The second kappa shape index (κ2) is 7.62. The summed E-state index contributed by atoms with van der Waals surface area (Å²) in [7, 11) is 0. The topological polar surface area (TPSA) is 52.6 Å². The van der Waals surface area contributed by atoms with Crippen LogP contribution in [-0.2, 0) is 19.1 Å². The molecule has 4 rings (SSSR count). The molecule has 4 aliphatic carbocycles. The molecule has 0 aromatic rings. The van der Waals surface area contributed by atoms with Crippen molar-refractivity contribution in [2.75, 3.05) is 0 Å². The van der Waals surface area contributed by atoms with E-state index in [9.17, 15) is 18.4 Å². The molecule has 0 spiro atoms. The van der Waals surface area contributed by atoms with E-state index < -0.39 is 93.0 Å². The molecule has 22 heteroatoms. The molecular weight excluding hydrogens is 646 g/mol. The maximum absolute atomic E-state index is 15.8. The molecular formula is C20H10F18O4. The molecule has 4 bridgehead atoms. The zero-order valence-electron chi connectivity index (χ0n) is 19.9. The molecule has 4 aliphatic rings. The smallest absolute Gasteiger partial charge is 0.396 e. The minimum absolute atomic E-state index is 0.197. The Bertz CT molecular complexity index is 1170. The van der Waals surface area contributed by atoms with Crippen LogP contribution in [0.4, 0.5) is 79.0 Å². The zero-order chi connectivity index (χ0) is 33.7. The van der Waals surface area contributed by atoms with Gasteiger partial charge in [0, 0.05) is 11.1 Å². The highest BCUT2D eigenvalue weighted by Gasteiger charge is 3.27. The van der Waals surface area contributed by atoms with Crippen molar-refractivity contribution >= 4 is 11.9 Å². The van der Waals surface area contributed by atoms with Gasteiger partial charge < -0.3 is 9.47 Å². The van der Waals surface area contributed by atoms with Crippen molar-refractivity contribution in [1.29, 1.82) is 0 Å². The summed E-state index contributed by atoms with van der Waals surface area (Å²) in [6.07, 6.45) is -16.0. The molecule has 42 heavy (non-hydrogen) atoms. The van der Waals surface area contributed by atoms with Crippen molar-refractivity contribution in [2.45, 2.75) is 72.9 Å². The molecule has 0 aliphatic heterocycles. The number of carbonyl (C=O) groups excluding carboxylic acids is 2.